The molecule has 2 N–H and O–H groups in total. The van der Waals surface area contributed by atoms with Crippen molar-refractivity contribution in [2.75, 3.05) is 7.11 Å². The lowest BCUT2D eigenvalue weighted by Gasteiger charge is -2.15. The number of rotatable bonds is 5. The summed E-state index contributed by atoms with van der Waals surface area (Å²) < 4.78 is 5.14. The Morgan fingerprint density at radius 1 is 1.31 bits per heavy atom. The van der Waals surface area contributed by atoms with E-state index in [-0.39, 0.29) is 9.23 Å². The zero-order chi connectivity index (χ0) is 21.1. The van der Waals surface area contributed by atoms with Crippen molar-refractivity contribution >= 4 is 51.9 Å². The number of nitrogens with one attached hydrogen (secondary N) is 1. The van der Waals surface area contributed by atoms with Gasteiger partial charge in [0.15, 0.2) is 10.1 Å². The van der Waals surface area contributed by atoms with Crippen molar-refractivity contribution in [1.29, 1.82) is 0 Å². The van der Waals surface area contributed by atoms with Crippen LogP contribution in [0.25, 0.3) is 6.08 Å². The zero-order valence-electron chi connectivity index (χ0n) is 14.8. The number of amides is 2. The van der Waals surface area contributed by atoms with E-state index in [0.717, 1.165) is 28.9 Å². The molecule has 0 radical (unpaired) electrons. The molecule has 11 heteroatoms. The van der Waals surface area contributed by atoms with Crippen molar-refractivity contribution in [2.45, 2.75) is 0 Å². The monoisotopic (exact) mass is 431 g/mol. The van der Waals surface area contributed by atoms with Gasteiger partial charge in [-0.25, -0.2) is 0 Å². The maximum Gasteiger partial charge on any atom is 0.311 e. The van der Waals surface area contributed by atoms with Crippen LogP contribution in [0.2, 0.25) is 0 Å². The summed E-state index contributed by atoms with van der Waals surface area (Å²) in [6, 6.07) is 10.0. The quantitative estimate of drug-likeness (QED) is 0.321. The first-order chi connectivity index (χ1) is 13.8. The molecule has 0 unspecified atom stereocenters. The van der Waals surface area contributed by atoms with Gasteiger partial charge in [0.05, 0.1) is 16.9 Å². The number of carbonyl (C=O) groups excluding carboxylic acids is 2. The Balaban J connectivity index is 1.78. The first-order valence-electron chi connectivity index (χ1n) is 8.00. The zero-order valence-corrected chi connectivity index (χ0v) is 16.5. The van der Waals surface area contributed by atoms with Gasteiger partial charge >= 0.3 is 5.69 Å². The Morgan fingerprint density at radius 3 is 2.62 bits per heavy atom. The molecule has 2 aromatic carbocycles. The molecule has 1 saturated heterocycles. The molecule has 0 saturated carbocycles. The fourth-order valence-corrected chi connectivity index (χ4v) is 3.58. The average Bonchev–Trinajstić information content (AvgIpc) is 2.96. The van der Waals surface area contributed by atoms with Gasteiger partial charge in [0, 0.05) is 11.6 Å². The third kappa shape index (κ3) is 4.36. The lowest BCUT2D eigenvalue weighted by atomic mass is 10.1. The molecule has 3 rings (SSSR count). The molecule has 148 valence electrons. The van der Waals surface area contributed by atoms with Gasteiger partial charge in [-0.2, -0.15) is 5.01 Å². The van der Waals surface area contributed by atoms with Crippen LogP contribution >= 0.6 is 24.0 Å². The number of phenols is 1. The number of aromatic hydroxyl groups is 1. The Kier molecular flexibility index (Phi) is 5.80. The number of nitro benzene ring substituents is 1. The largest absolute Gasteiger partial charge is 0.502 e. The van der Waals surface area contributed by atoms with Gasteiger partial charge in [-0.3, -0.25) is 25.1 Å². The van der Waals surface area contributed by atoms with Crippen LogP contribution in [0.5, 0.6) is 11.5 Å². The number of nitro groups is 1. The van der Waals surface area contributed by atoms with Crippen molar-refractivity contribution in [1.82, 2.24) is 10.4 Å². The first-order valence-corrected chi connectivity index (χ1v) is 9.23. The third-order valence-corrected chi connectivity index (χ3v) is 5.16. The van der Waals surface area contributed by atoms with E-state index in [4.69, 9.17) is 17.0 Å². The molecular weight excluding hydrogens is 418 g/mol. The van der Waals surface area contributed by atoms with Crippen LogP contribution in [0, 0.1) is 10.1 Å². The predicted octanol–water partition coefficient (Wildman–Crippen LogP) is 2.86. The Bertz CT molecular complexity index is 1050. The molecule has 0 bridgehead atoms. The number of thioether (sulfide) groups is 1. The van der Waals surface area contributed by atoms with Crippen LogP contribution in [-0.2, 0) is 4.79 Å². The number of nitrogens with zero attached hydrogens (tertiary/aromatic N) is 2. The molecular formula is C18H13N3O6S2. The summed E-state index contributed by atoms with van der Waals surface area (Å²) in [5.74, 6) is -1.01. The van der Waals surface area contributed by atoms with E-state index in [1.54, 1.807) is 12.1 Å². The van der Waals surface area contributed by atoms with Gasteiger partial charge in [-0.15, -0.1) is 0 Å². The second-order valence-corrected chi connectivity index (χ2v) is 7.37. The van der Waals surface area contributed by atoms with E-state index >= 15 is 0 Å². The number of carbonyl (C=O) groups is 2. The second-order valence-electron chi connectivity index (χ2n) is 5.69. The summed E-state index contributed by atoms with van der Waals surface area (Å²) >= 11 is 6.09. The lowest BCUT2D eigenvalue weighted by molar-refractivity contribution is -0.385. The molecule has 1 heterocycles. The Labute approximate surface area is 174 Å². The fourth-order valence-electron chi connectivity index (χ4n) is 2.40. The average molecular weight is 431 g/mol. The normalized spacial score (nSPS) is 14.9. The number of benzene rings is 2. The summed E-state index contributed by atoms with van der Waals surface area (Å²) in [7, 11) is 1.50. The van der Waals surface area contributed by atoms with Gasteiger partial charge in [-0.05, 0) is 54.2 Å². The van der Waals surface area contributed by atoms with Crippen LogP contribution < -0.4 is 10.2 Å². The summed E-state index contributed by atoms with van der Waals surface area (Å²) in [5.41, 5.74) is 2.59. The summed E-state index contributed by atoms with van der Waals surface area (Å²) in [6.45, 7) is 0. The Morgan fingerprint density at radius 2 is 2.00 bits per heavy atom. The van der Waals surface area contributed by atoms with Crippen LogP contribution in [0.3, 0.4) is 0 Å². The van der Waals surface area contributed by atoms with E-state index in [0.29, 0.717) is 16.9 Å². The smallest absolute Gasteiger partial charge is 0.311 e. The van der Waals surface area contributed by atoms with E-state index in [1.807, 2.05) is 0 Å². The SMILES string of the molecule is COc1ccc(C(=O)NN2C(=O)C(=Cc3ccc(O)c([N+](=O)[O-])c3)SC2=S)cc1. The highest BCUT2D eigenvalue weighted by Crippen LogP contribution is 2.33. The molecule has 0 aromatic heterocycles. The van der Waals surface area contributed by atoms with Gasteiger partial charge in [0.25, 0.3) is 11.8 Å². The van der Waals surface area contributed by atoms with Crippen LogP contribution in [-0.4, -0.2) is 38.3 Å². The number of hydrazine groups is 1. The van der Waals surface area contributed by atoms with Gasteiger partial charge < -0.3 is 9.84 Å². The highest BCUT2D eigenvalue weighted by Gasteiger charge is 2.34. The summed E-state index contributed by atoms with van der Waals surface area (Å²) in [6.07, 6.45) is 1.39. The number of hydrogen-bond acceptors (Lipinski definition) is 8. The van der Waals surface area contributed by atoms with Crippen molar-refractivity contribution in [3.8, 4) is 11.5 Å². The lowest BCUT2D eigenvalue weighted by Crippen LogP contribution is -2.44. The van der Waals surface area contributed by atoms with Gasteiger partial charge in [-0.1, -0.05) is 17.8 Å². The maximum absolute atomic E-state index is 12.6. The second kappa shape index (κ2) is 8.29. The molecule has 1 fully saturated rings. The predicted molar refractivity (Wildman–Crippen MR) is 110 cm³/mol. The molecule has 1 aliphatic rings. The molecule has 0 atom stereocenters. The molecule has 0 aliphatic carbocycles. The topological polar surface area (TPSA) is 122 Å². The highest BCUT2D eigenvalue weighted by atomic mass is 32.2. The van der Waals surface area contributed by atoms with E-state index in [2.05, 4.69) is 5.43 Å². The molecule has 2 aromatic rings. The molecule has 0 spiro atoms. The summed E-state index contributed by atoms with van der Waals surface area (Å²) in [5, 5.41) is 21.4. The fraction of sp³-hybridized carbons (Fsp3) is 0.0556. The number of phenolic OH excluding ortho intramolecular Hbond substituents is 1. The van der Waals surface area contributed by atoms with E-state index < -0.39 is 28.2 Å². The molecule has 29 heavy (non-hydrogen) atoms. The summed E-state index contributed by atoms with van der Waals surface area (Å²) in [4.78, 5) is 35.4. The minimum atomic E-state index is -0.729. The minimum absolute atomic E-state index is 0.108. The number of hydrogen-bond donors (Lipinski definition) is 2. The van der Waals surface area contributed by atoms with Crippen LogP contribution in [0.15, 0.2) is 47.4 Å². The molecule has 9 nitrogen and oxygen atoms in total. The van der Waals surface area contributed by atoms with Gasteiger partial charge in [0.1, 0.15) is 5.75 Å². The third-order valence-electron chi connectivity index (χ3n) is 3.85. The van der Waals surface area contributed by atoms with Crippen LogP contribution in [0.1, 0.15) is 15.9 Å². The minimum Gasteiger partial charge on any atom is -0.502 e. The molecule has 2 amide bonds. The van der Waals surface area contributed by atoms with Crippen molar-refractivity contribution < 1.29 is 24.4 Å². The van der Waals surface area contributed by atoms with E-state index in [1.165, 1.54) is 31.4 Å². The number of thiocarbonyl (C=S) groups is 1. The first kappa shape index (κ1) is 20.3. The maximum atomic E-state index is 12.6. The van der Waals surface area contributed by atoms with Crippen molar-refractivity contribution in [3.63, 3.8) is 0 Å². The number of methoxy groups -OCH3 is 1. The molecule has 1 aliphatic heterocycles. The van der Waals surface area contributed by atoms with Crippen molar-refractivity contribution in [2.24, 2.45) is 0 Å². The van der Waals surface area contributed by atoms with E-state index in [9.17, 15) is 24.8 Å². The van der Waals surface area contributed by atoms with Gasteiger partial charge in [0.2, 0.25) is 0 Å². The Hall–Kier alpha value is -3.44. The highest BCUT2D eigenvalue weighted by molar-refractivity contribution is 8.26. The van der Waals surface area contributed by atoms with Crippen LogP contribution in [0.4, 0.5) is 5.69 Å². The standard InChI is InChI=1S/C18H13N3O6S2/c1-27-12-5-3-11(4-6-12)16(23)19-20-17(24)15(29-18(20)28)9-10-2-7-14(22)13(8-10)21(25)26/h2-9,22H,1H3,(H,19,23). The van der Waals surface area contributed by atoms with Crippen molar-refractivity contribution in [3.05, 3.63) is 68.6 Å². The number of ether oxygens (including phenoxy) is 1.